The molecule has 0 fully saturated rings. The van der Waals surface area contributed by atoms with Crippen LogP contribution >= 0.6 is 0 Å². The van der Waals surface area contributed by atoms with E-state index < -0.39 is 0 Å². The van der Waals surface area contributed by atoms with Gasteiger partial charge in [0.05, 0.1) is 6.61 Å². The second-order valence-corrected chi connectivity index (χ2v) is 5.12. The van der Waals surface area contributed by atoms with Gasteiger partial charge in [0.1, 0.15) is 5.75 Å². The number of hydrogen-bond donors (Lipinski definition) is 0. The van der Waals surface area contributed by atoms with Crippen molar-refractivity contribution in [3.63, 3.8) is 0 Å². The van der Waals surface area contributed by atoms with Crippen LogP contribution in [0.25, 0.3) is 0 Å². The molecule has 82 valence electrons. The lowest BCUT2D eigenvalue weighted by Gasteiger charge is -2.34. The number of ether oxygens (including phenoxy) is 1. The summed E-state index contributed by atoms with van der Waals surface area (Å²) in [6.45, 7) is 7.49. The van der Waals surface area contributed by atoms with Crippen LogP contribution in [0.4, 0.5) is 5.69 Å². The highest BCUT2D eigenvalue weighted by atomic mass is 16.5. The lowest BCUT2D eigenvalue weighted by Crippen LogP contribution is -2.38. The minimum absolute atomic E-state index is 0.160. The first-order valence-electron chi connectivity index (χ1n) is 5.48. The number of anilines is 1. The van der Waals surface area contributed by atoms with Gasteiger partial charge in [-0.25, -0.2) is 0 Å². The van der Waals surface area contributed by atoms with Crippen LogP contribution in [0, 0.1) is 0 Å². The van der Waals surface area contributed by atoms with Crippen LogP contribution in [0.1, 0.15) is 26.3 Å². The lowest BCUT2D eigenvalue weighted by molar-refractivity contribution is 0.357. The average Bonchev–Trinajstić information content (AvgIpc) is 2.61. The summed E-state index contributed by atoms with van der Waals surface area (Å²) < 4.78 is 5.50. The highest BCUT2D eigenvalue weighted by Gasteiger charge is 2.19. The molecule has 1 aliphatic heterocycles. The normalized spacial score (nSPS) is 14.7. The Morgan fingerprint density at radius 1 is 1.27 bits per heavy atom. The number of hydrogen-bond acceptors (Lipinski definition) is 2. The lowest BCUT2D eigenvalue weighted by atomic mass is 10.0. The summed E-state index contributed by atoms with van der Waals surface area (Å²) in [5.41, 5.74) is 2.77. The van der Waals surface area contributed by atoms with E-state index in [1.165, 1.54) is 11.3 Å². The van der Waals surface area contributed by atoms with Crippen molar-refractivity contribution in [3.8, 4) is 5.75 Å². The number of nitrogens with zero attached hydrogens (tertiary/aromatic N) is 1. The molecule has 0 aromatic heterocycles. The van der Waals surface area contributed by atoms with Crippen LogP contribution in [0.5, 0.6) is 5.75 Å². The topological polar surface area (TPSA) is 12.5 Å². The monoisotopic (exact) mass is 205 g/mol. The first-order valence-corrected chi connectivity index (χ1v) is 5.48. The summed E-state index contributed by atoms with van der Waals surface area (Å²) in [6.07, 6.45) is 1.04. The van der Waals surface area contributed by atoms with Gasteiger partial charge in [-0.2, -0.15) is 0 Å². The molecule has 0 saturated heterocycles. The molecule has 2 heteroatoms. The third kappa shape index (κ3) is 1.94. The molecule has 1 aromatic rings. The first kappa shape index (κ1) is 10.3. The summed E-state index contributed by atoms with van der Waals surface area (Å²) in [5, 5.41) is 0. The van der Waals surface area contributed by atoms with Crippen molar-refractivity contribution in [1.82, 2.24) is 0 Å². The largest absolute Gasteiger partial charge is 0.493 e. The van der Waals surface area contributed by atoms with Gasteiger partial charge in [-0.1, -0.05) is 0 Å². The van der Waals surface area contributed by atoms with E-state index in [2.05, 4.69) is 50.9 Å². The third-order valence-electron chi connectivity index (χ3n) is 3.07. The van der Waals surface area contributed by atoms with Crippen molar-refractivity contribution in [2.45, 2.75) is 32.7 Å². The summed E-state index contributed by atoms with van der Waals surface area (Å²) >= 11 is 0. The van der Waals surface area contributed by atoms with E-state index >= 15 is 0 Å². The number of benzene rings is 1. The van der Waals surface area contributed by atoms with E-state index in [0.29, 0.717) is 0 Å². The van der Waals surface area contributed by atoms with Gasteiger partial charge in [0.25, 0.3) is 0 Å². The molecule has 2 nitrogen and oxygen atoms in total. The van der Waals surface area contributed by atoms with Crippen LogP contribution < -0.4 is 9.64 Å². The van der Waals surface area contributed by atoms with Gasteiger partial charge in [-0.3, -0.25) is 0 Å². The second-order valence-electron chi connectivity index (χ2n) is 5.12. The van der Waals surface area contributed by atoms with E-state index in [1.807, 2.05) is 0 Å². The van der Waals surface area contributed by atoms with Crippen LogP contribution in [0.2, 0.25) is 0 Å². The molecule has 1 heterocycles. The molecule has 0 atom stereocenters. The summed E-state index contributed by atoms with van der Waals surface area (Å²) in [4.78, 5) is 2.30. The molecule has 0 spiro atoms. The zero-order valence-corrected chi connectivity index (χ0v) is 10.0. The van der Waals surface area contributed by atoms with Gasteiger partial charge >= 0.3 is 0 Å². The molecule has 0 saturated carbocycles. The minimum Gasteiger partial charge on any atom is -0.493 e. The van der Waals surface area contributed by atoms with Gasteiger partial charge in [-0.05, 0) is 44.5 Å². The maximum absolute atomic E-state index is 5.50. The fraction of sp³-hybridized carbons (Fsp3) is 0.538. The zero-order valence-electron chi connectivity index (χ0n) is 10.0. The minimum atomic E-state index is 0.160. The number of fused-ring (bicyclic) bond motifs is 1. The van der Waals surface area contributed by atoms with Crippen LogP contribution in [0.15, 0.2) is 18.2 Å². The van der Waals surface area contributed by atoms with Gasteiger partial charge in [-0.15, -0.1) is 0 Å². The standard InChI is InChI=1S/C13H19NO/c1-13(2,3)14(4)11-5-6-12-10(9-11)7-8-15-12/h5-6,9H,7-8H2,1-4H3. The van der Waals surface area contributed by atoms with Gasteiger partial charge in [0.15, 0.2) is 0 Å². The van der Waals surface area contributed by atoms with Crippen molar-refractivity contribution in [2.24, 2.45) is 0 Å². The molecule has 1 aliphatic rings. The molecule has 2 rings (SSSR count). The Kier molecular flexibility index (Phi) is 2.37. The predicted octanol–water partition coefficient (Wildman–Crippen LogP) is 2.86. The maximum Gasteiger partial charge on any atom is 0.122 e. The quantitative estimate of drug-likeness (QED) is 0.699. The molecule has 15 heavy (non-hydrogen) atoms. The average molecular weight is 205 g/mol. The van der Waals surface area contributed by atoms with E-state index in [4.69, 9.17) is 4.74 Å². The Morgan fingerprint density at radius 3 is 2.67 bits per heavy atom. The molecule has 0 unspecified atom stereocenters. The smallest absolute Gasteiger partial charge is 0.122 e. The van der Waals surface area contributed by atoms with Crippen molar-refractivity contribution >= 4 is 5.69 Å². The highest BCUT2D eigenvalue weighted by molar-refractivity contribution is 5.55. The van der Waals surface area contributed by atoms with Gasteiger partial charge in [0.2, 0.25) is 0 Å². The number of rotatable bonds is 1. The van der Waals surface area contributed by atoms with Crippen molar-refractivity contribution < 1.29 is 4.74 Å². The molecular formula is C13H19NO. The fourth-order valence-corrected chi connectivity index (χ4v) is 1.77. The van der Waals surface area contributed by atoms with E-state index in [0.717, 1.165) is 18.8 Å². The molecule has 0 aliphatic carbocycles. The molecule has 1 aromatic carbocycles. The second kappa shape index (κ2) is 3.44. The molecule has 0 amide bonds. The summed E-state index contributed by atoms with van der Waals surface area (Å²) in [7, 11) is 2.14. The maximum atomic E-state index is 5.50. The van der Waals surface area contributed by atoms with Crippen molar-refractivity contribution in [1.29, 1.82) is 0 Å². The van der Waals surface area contributed by atoms with Gasteiger partial charge in [0, 0.05) is 24.7 Å². The molecule has 0 N–H and O–H groups in total. The highest BCUT2D eigenvalue weighted by Crippen LogP contribution is 2.31. The van der Waals surface area contributed by atoms with E-state index in [9.17, 15) is 0 Å². The van der Waals surface area contributed by atoms with E-state index in [-0.39, 0.29) is 5.54 Å². The molecule has 0 radical (unpaired) electrons. The Bertz CT molecular complexity index is 365. The summed E-state index contributed by atoms with van der Waals surface area (Å²) in [5.74, 6) is 1.06. The SMILES string of the molecule is CN(c1ccc2c(c1)CCO2)C(C)(C)C. The van der Waals surface area contributed by atoms with Gasteiger partial charge < -0.3 is 9.64 Å². The van der Waals surface area contributed by atoms with Crippen molar-refractivity contribution in [2.75, 3.05) is 18.6 Å². The Hall–Kier alpha value is -1.18. The zero-order chi connectivity index (χ0) is 11.1. The first-order chi connectivity index (χ1) is 6.98. The molecule has 0 bridgehead atoms. The van der Waals surface area contributed by atoms with E-state index in [1.54, 1.807) is 0 Å². The third-order valence-corrected chi connectivity index (χ3v) is 3.07. The van der Waals surface area contributed by atoms with Crippen LogP contribution in [0.3, 0.4) is 0 Å². The Morgan fingerprint density at radius 2 is 2.00 bits per heavy atom. The van der Waals surface area contributed by atoms with Crippen LogP contribution in [-0.4, -0.2) is 19.2 Å². The predicted molar refractivity (Wildman–Crippen MR) is 63.8 cm³/mol. The summed E-state index contributed by atoms with van der Waals surface area (Å²) in [6, 6.07) is 6.46. The molecular weight excluding hydrogens is 186 g/mol. The van der Waals surface area contributed by atoms with Crippen LogP contribution in [-0.2, 0) is 6.42 Å². The Balaban J connectivity index is 2.31. The Labute approximate surface area is 91.9 Å². The van der Waals surface area contributed by atoms with Crippen molar-refractivity contribution in [3.05, 3.63) is 23.8 Å². The fourth-order valence-electron chi connectivity index (χ4n) is 1.77.